The minimum Gasteiger partial charge on any atom is -0.467 e. The number of aliphatic hydroxyl groups excluding tert-OH is 1. The summed E-state index contributed by atoms with van der Waals surface area (Å²) < 4.78 is 15.7. The van der Waals surface area contributed by atoms with Gasteiger partial charge in [0.2, 0.25) is 5.89 Å². The molecular weight excluding hydrogens is 286 g/mol. The third-order valence-electron chi connectivity index (χ3n) is 3.78. The molecule has 0 unspecified atom stereocenters. The SMILES string of the molecule is Cc1nc([C@@H]2CCCN2C[C@H](O)COCc2ccco2)no1. The molecule has 1 saturated heterocycles. The first-order valence-corrected chi connectivity index (χ1v) is 7.55. The summed E-state index contributed by atoms with van der Waals surface area (Å²) in [6, 6.07) is 3.79. The summed E-state index contributed by atoms with van der Waals surface area (Å²) in [6.07, 6.45) is 3.11. The fourth-order valence-electron chi connectivity index (χ4n) is 2.80. The van der Waals surface area contributed by atoms with E-state index >= 15 is 0 Å². The number of ether oxygens (including phenoxy) is 1. The van der Waals surface area contributed by atoms with Crippen LogP contribution >= 0.6 is 0 Å². The number of hydrogen-bond acceptors (Lipinski definition) is 7. The van der Waals surface area contributed by atoms with Gasteiger partial charge in [-0.25, -0.2) is 0 Å². The number of nitrogens with zero attached hydrogens (tertiary/aromatic N) is 3. The molecule has 3 rings (SSSR count). The number of β-amino-alcohol motifs (C(OH)–C–C–N with tert-alkyl or cyclic N) is 1. The van der Waals surface area contributed by atoms with Crippen LogP contribution in [0.15, 0.2) is 27.3 Å². The predicted molar refractivity (Wildman–Crippen MR) is 77.0 cm³/mol. The second-order valence-corrected chi connectivity index (χ2v) is 5.57. The minimum atomic E-state index is -0.552. The van der Waals surface area contributed by atoms with Crippen LogP contribution in [0.5, 0.6) is 0 Å². The second-order valence-electron chi connectivity index (χ2n) is 5.57. The van der Waals surface area contributed by atoms with Crippen molar-refractivity contribution in [1.82, 2.24) is 15.0 Å². The fourth-order valence-corrected chi connectivity index (χ4v) is 2.80. The maximum absolute atomic E-state index is 10.1. The largest absolute Gasteiger partial charge is 0.467 e. The van der Waals surface area contributed by atoms with Gasteiger partial charge in [0.1, 0.15) is 12.4 Å². The molecule has 1 fully saturated rings. The third kappa shape index (κ3) is 3.73. The van der Waals surface area contributed by atoms with E-state index in [1.165, 1.54) is 0 Å². The van der Waals surface area contributed by atoms with Crippen molar-refractivity contribution in [2.24, 2.45) is 0 Å². The molecule has 22 heavy (non-hydrogen) atoms. The van der Waals surface area contributed by atoms with Crippen LogP contribution in [0.25, 0.3) is 0 Å². The van der Waals surface area contributed by atoms with Crippen LogP contribution in [-0.4, -0.2) is 45.9 Å². The number of aryl methyl sites for hydroxylation is 1. The number of hydrogen-bond donors (Lipinski definition) is 1. The standard InChI is InChI=1S/C15H21N3O4/c1-11-16-15(17-22-11)14-5-2-6-18(14)8-12(19)9-20-10-13-4-3-7-21-13/h3-4,7,12,14,19H,2,5-6,8-10H2,1H3/t12-,14-/m0/s1. The van der Waals surface area contributed by atoms with Gasteiger partial charge >= 0.3 is 0 Å². The van der Waals surface area contributed by atoms with Gasteiger partial charge in [-0.1, -0.05) is 5.16 Å². The third-order valence-corrected chi connectivity index (χ3v) is 3.78. The molecule has 2 aromatic heterocycles. The summed E-state index contributed by atoms with van der Waals surface area (Å²) in [5, 5.41) is 14.1. The number of aromatic nitrogens is 2. The van der Waals surface area contributed by atoms with Gasteiger partial charge in [-0.05, 0) is 31.5 Å². The molecule has 1 N–H and O–H groups in total. The molecule has 2 aromatic rings. The Balaban J connectivity index is 1.46. The maximum atomic E-state index is 10.1. The Bertz CT molecular complexity index is 569. The highest BCUT2D eigenvalue weighted by atomic mass is 16.5. The van der Waals surface area contributed by atoms with Crippen molar-refractivity contribution in [3.63, 3.8) is 0 Å². The summed E-state index contributed by atoms with van der Waals surface area (Å²) >= 11 is 0. The fraction of sp³-hybridized carbons (Fsp3) is 0.600. The quantitative estimate of drug-likeness (QED) is 0.833. The number of furan rings is 1. The van der Waals surface area contributed by atoms with E-state index in [1.54, 1.807) is 13.2 Å². The van der Waals surface area contributed by atoms with Crippen molar-refractivity contribution in [3.05, 3.63) is 35.9 Å². The zero-order valence-electron chi connectivity index (χ0n) is 12.6. The molecule has 0 bridgehead atoms. The van der Waals surface area contributed by atoms with E-state index in [-0.39, 0.29) is 12.6 Å². The summed E-state index contributed by atoms with van der Waals surface area (Å²) in [5.74, 6) is 2.04. The van der Waals surface area contributed by atoms with Gasteiger partial charge < -0.3 is 18.8 Å². The lowest BCUT2D eigenvalue weighted by Crippen LogP contribution is -2.35. The Morgan fingerprint density at radius 2 is 2.45 bits per heavy atom. The molecule has 120 valence electrons. The van der Waals surface area contributed by atoms with E-state index in [2.05, 4.69) is 15.0 Å². The number of likely N-dealkylation sites (tertiary alicyclic amines) is 1. The first kappa shape index (κ1) is 15.2. The Kier molecular flexibility index (Phi) is 4.87. The van der Waals surface area contributed by atoms with Crippen molar-refractivity contribution >= 4 is 0 Å². The smallest absolute Gasteiger partial charge is 0.223 e. The van der Waals surface area contributed by atoms with Crippen molar-refractivity contribution < 1.29 is 18.8 Å². The zero-order chi connectivity index (χ0) is 15.4. The van der Waals surface area contributed by atoms with E-state index in [4.69, 9.17) is 13.7 Å². The maximum Gasteiger partial charge on any atom is 0.223 e. The summed E-state index contributed by atoms with van der Waals surface area (Å²) in [7, 11) is 0. The average Bonchev–Trinajstić information content (AvgIpc) is 3.20. The summed E-state index contributed by atoms with van der Waals surface area (Å²) in [6.45, 7) is 3.89. The van der Waals surface area contributed by atoms with Gasteiger partial charge in [0, 0.05) is 13.5 Å². The van der Waals surface area contributed by atoms with Crippen LogP contribution in [0.1, 0.15) is 36.4 Å². The minimum absolute atomic E-state index is 0.122. The first-order valence-electron chi connectivity index (χ1n) is 7.55. The monoisotopic (exact) mass is 307 g/mol. The van der Waals surface area contributed by atoms with Gasteiger partial charge in [0.15, 0.2) is 5.82 Å². The van der Waals surface area contributed by atoms with E-state index < -0.39 is 6.10 Å². The van der Waals surface area contributed by atoms with E-state index in [9.17, 15) is 5.11 Å². The lowest BCUT2D eigenvalue weighted by molar-refractivity contribution is 0.00252. The molecule has 1 aliphatic rings. The summed E-state index contributed by atoms with van der Waals surface area (Å²) in [5.41, 5.74) is 0. The molecule has 0 amide bonds. The highest BCUT2D eigenvalue weighted by molar-refractivity contribution is 4.98. The Morgan fingerprint density at radius 1 is 1.55 bits per heavy atom. The van der Waals surface area contributed by atoms with Crippen molar-refractivity contribution in [2.75, 3.05) is 19.7 Å². The van der Waals surface area contributed by atoms with Crippen LogP contribution < -0.4 is 0 Å². The Labute approximate surface area is 128 Å². The van der Waals surface area contributed by atoms with Crippen LogP contribution in [0.3, 0.4) is 0 Å². The molecule has 0 aromatic carbocycles. The lowest BCUT2D eigenvalue weighted by atomic mass is 10.2. The molecule has 0 radical (unpaired) electrons. The van der Waals surface area contributed by atoms with Gasteiger partial charge in [-0.2, -0.15) is 4.98 Å². The van der Waals surface area contributed by atoms with E-state index in [1.807, 2.05) is 12.1 Å². The van der Waals surface area contributed by atoms with Gasteiger partial charge in [0.05, 0.1) is 25.0 Å². The zero-order valence-corrected chi connectivity index (χ0v) is 12.6. The Hall–Kier alpha value is -1.70. The number of rotatable bonds is 7. The van der Waals surface area contributed by atoms with Crippen LogP contribution in [0, 0.1) is 6.92 Å². The van der Waals surface area contributed by atoms with Crippen LogP contribution in [0.2, 0.25) is 0 Å². The molecular formula is C15H21N3O4. The molecule has 0 aliphatic carbocycles. The molecule has 2 atom stereocenters. The first-order chi connectivity index (χ1) is 10.7. The lowest BCUT2D eigenvalue weighted by Gasteiger charge is -2.24. The van der Waals surface area contributed by atoms with Gasteiger partial charge in [-0.3, -0.25) is 4.90 Å². The van der Waals surface area contributed by atoms with Crippen LogP contribution in [0.4, 0.5) is 0 Å². The number of aliphatic hydroxyl groups is 1. The van der Waals surface area contributed by atoms with Crippen molar-refractivity contribution in [2.45, 2.75) is 38.5 Å². The topological polar surface area (TPSA) is 84.8 Å². The predicted octanol–water partition coefficient (Wildman–Crippen LogP) is 1.69. The molecule has 0 saturated carbocycles. The molecule has 3 heterocycles. The molecule has 7 nitrogen and oxygen atoms in total. The van der Waals surface area contributed by atoms with Gasteiger partial charge in [0.25, 0.3) is 0 Å². The molecule has 1 aliphatic heterocycles. The molecule has 0 spiro atoms. The highest BCUT2D eigenvalue weighted by Gasteiger charge is 2.30. The van der Waals surface area contributed by atoms with Crippen molar-refractivity contribution in [3.8, 4) is 0 Å². The van der Waals surface area contributed by atoms with Crippen molar-refractivity contribution in [1.29, 1.82) is 0 Å². The summed E-state index contributed by atoms with van der Waals surface area (Å²) in [4.78, 5) is 6.49. The van der Waals surface area contributed by atoms with E-state index in [0.717, 1.165) is 25.1 Å². The van der Waals surface area contributed by atoms with E-state index in [0.29, 0.717) is 24.9 Å². The Morgan fingerprint density at radius 3 is 3.18 bits per heavy atom. The average molecular weight is 307 g/mol. The highest BCUT2D eigenvalue weighted by Crippen LogP contribution is 2.30. The van der Waals surface area contributed by atoms with Gasteiger partial charge in [-0.15, -0.1) is 0 Å². The molecule has 7 heteroatoms. The van der Waals surface area contributed by atoms with Crippen LogP contribution in [-0.2, 0) is 11.3 Å². The second kappa shape index (κ2) is 7.04. The normalized spacial score (nSPS) is 20.5.